The van der Waals surface area contributed by atoms with Gasteiger partial charge in [-0.3, -0.25) is 0 Å². The molecule has 0 bridgehead atoms. The molecule has 0 aromatic heterocycles. The van der Waals surface area contributed by atoms with E-state index in [0.717, 1.165) is 25.7 Å². The zero-order chi connectivity index (χ0) is 9.03. The van der Waals surface area contributed by atoms with Gasteiger partial charge in [-0.1, -0.05) is 32.1 Å². The summed E-state index contributed by atoms with van der Waals surface area (Å²) in [6.07, 6.45) is 6.38. The van der Waals surface area contributed by atoms with E-state index in [0.29, 0.717) is 12.8 Å². The first-order chi connectivity index (χ1) is 5.61. The monoisotopic (exact) mass is 196 g/mol. The van der Waals surface area contributed by atoms with E-state index in [2.05, 4.69) is 0 Å². The van der Waals surface area contributed by atoms with E-state index in [-0.39, 0.29) is 0 Å². The number of hydrogen-bond donors (Lipinski definition) is 0. The maximum atomic E-state index is 12.7. The molecule has 0 amide bonds. The summed E-state index contributed by atoms with van der Waals surface area (Å²) in [7, 11) is 0. The van der Waals surface area contributed by atoms with Crippen molar-refractivity contribution in [2.24, 2.45) is 5.92 Å². The summed E-state index contributed by atoms with van der Waals surface area (Å²) in [4.78, 5) is 0. The molecule has 1 rings (SSSR count). The van der Waals surface area contributed by atoms with Gasteiger partial charge in [-0.15, -0.1) is 0 Å². The van der Waals surface area contributed by atoms with Gasteiger partial charge in [0.1, 0.15) is 0 Å². The van der Waals surface area contributed by atoms with Crippen LogP contribution < -0.4 is 0 Å². The molecule has 1 saturated carbocycles. The summed E-state index contributed by atoms with van der Waals surface area (Å²) in [6.45, 7) is 0. The predicted molar refractivity (Wildman–Crippen MR) is 46.6 cm³/mol. The predicted octanol–water partition coefficient (Wildman–Crippen LogP) is 4.18. The average Bonchev–Trinajstić information content (AvgIpc) is 1.81. The van der Waals surface area contributed by atoms with Crippen molar-refractivity contribution in [1.29, 1.82) is 0 Å². The van der Waals surface area contributed by atoms with Gasteiger partial charge in [0.05, 0.1) is 0 Å². The molecule has 0 saturated heterocycles. The molecular formula is C9H15ClF2. The van der Waals surface area contributed by atoms with Crippen molar-refractivity contribution in [2.45, 2.75) is 50.3 Å². The molecule has 0 radical (unpaired) electrons. The largest absolute Gasteiger partial charge is 0.324 e. The van der Waals surface area contributed by atoms with E-state index in [4.69, 9.17) is 11.6 Å². The third kappa shape index (κ3) is 3.26. The topological polar surface area (TPSA) is 0 Å². The highest BCUT2D eigenvalue weighted by Gasteiger charge is 2.36. The molecule has 1 aliphatic carbocycles. The van der Waals surface area contributed by atoms with Crippen LogP contribution in [0.2, 0.25) is 0 Å². The average molecular weight is 197 g/mol. The molecule has 0 spiro atoms. The molecule has 0 aromatic rings. The lowest BCUT2D eigenvalue weighted by Gasteiger charge is -2.23. The Morgan fingerprint density at radius 2 is 1.33 bits per heavy atom. The van der Waals surface area contributed by atoms with E-state index >= 15 is 0 Å². The van der Waals surface area contributed by atoms with Crippen LogP contribution in [0.5, 0.6) is 0 Å². The first kappa shape index (κ1) is 10.2. The molecule has 0 aliphatic heterocycles. The fourth-order valence-corrected chi connectivity index (χ4v) is 2.00. The van der Waals surface area contributed by atoms with Gasteiger partial charge in [-0.25, -0.2) is 0 Å². The maximum absolute atomic E-state index is 12.7. The number of alkyl halides is 3. The zero-order valence-electron chi connectivity index (χ0n) is 7.16. The molecule has 0 atom stereocenters. The van der Waals surface area contributed by atoms with Gasteiger partial charge in [0.25, 0.3) is 0 Å². The Bertz CT molecular complexity index is 123. The minimum absolute atomic E-state index is 0.584. The quantitative estimate of drug-likeness (QED) is 0.552. The molecule has 72 valence electrons. The van der Waals surface area contributed by atoms with E-state index in [1.54, 1.807) is 0 Å². The highest BCUT2D eigenvalue weighted by Crippen LogP contribution is 2.37. The second-order valence-corrected chi connectivity index (χ2v) is 4.09. The van der Waals surface area contributed by atoms with Gasteiger partial charge in [-0.2, -0.15) is 8.78 Å². The van der Waals surface area contributed by atoms with Crippen LogP contribution >= 0.6 is 11.6 Å². The smallest absolute Gasteiger partial charge is 0.188 e. The highest BCUT2D eigenvalue weighted by atomic mass is 35.5. The van der Waals surface area contributed by atoms with Crippen LogP contribution in [0.1, 0.15) is 44.9 Å². The summed E-state index contributed by atoms with van der Waals surface area (Å²) in [6, 6.07) is 0. The molecule has 12 heavy (non-hydrogen) atoms. The van der Waals surface area contributed by atoms with Gasteiger partial charge in [0, 0.05) is 5.92 Å². The summed E-state index contributed by atoms with van der Waals surface area (Å²) in [5, 5.41) is -2.97. The van der Waals surface area contributed by atoms with E-state index in [1.165, 1.54) is 6.42 Å². The number of halogens is 3. The molecule has 0 heterocycles. The Kier molecular flexibility index (Phi) is 3.76. The van der Waals surface area contributed by atoms with Crippen LogP contribution in [-0.2, 0) is 0 Å². The first-order valence-corrected chi connectivity index (χ1v) is 5.05. The van der Waals surface area contributed by atoms with Gasteiger partial charge in [-0.05, 0) is 24.4 Å². The normalized spacial score (nSPS) is 23.2. The molecule has 1 fully saturated rings. The van der Waals surface area contributed by atoms with Gasteiger partial charge in [0.15, 0.2) is 0 Å². The third-order valence-corrected chi connectivity index (χ3v) is 2.88. The summed E-state index contributed by atoms with van der Waals surface area (Å²) in [5.74, 6) is -0.584. The number of hydrogen-bond acceptors (Lipinski definition) is 0. The van der Waals surface area contributed by atoms with Gasteiger partial charge >= 0.3 is 5.38 Å². The lowest BCUT2D eigenvalue weighted by molar-refractivity contribution is 0.0162. The molecule has 0 N–H and O–H groups in total. The molecule has 1 aliphatic rings. The van der Waals surface area contributed by atoms with Crippen molar-refractivity contribution in [2.75, 3.05) is 0 Å². The Hall–Kier alpha value is 0.150. The Labute approximate surface area is 77.3 Å². The number of rotatable bonds is 1. The van der Waals surface area contributed by atoms with Crippen molar-refractivity contribution < 1.29 is 8.78 Å². The van der Waals surface area contributed by atoms with Crippen LogP contribution in [0, 0.1) is 5.92 Å². The lowest BCUT2D eigenvalue weighted by atomic mass is 9.91. The minimum Gasteiger partial charge on any atom is -0.188 e. The van der Waals surface area contributed by atoms with Crippen LogP contribution in [0.25, 0.3) is 0 Å². The lowest BCUT2D eigenvalue weighted by Crippen LogP contribution is -2.22. The first-order valence-electron chi connectivity index (χ1n) is 4.67. The van der Waals surface area contributed by atoms with Crippen LogP contribution in [-0.4, -0.2) is 5.38 Å². The van der Waals surface area contributed by atoms with Crippen molar-refractivity contribution in [1.82, 2.24) is 0 Å². The minimum atomic E-state index is -2.97. The summed E-state index contributed by atoms with van der Waals surface area (Å²) >= 11 is 5.00. The Balaban J connectivity index is 2.40. The second kappa shape index (κ2) is 4.40. The Morgan fingerprint density at radius 3 is 1.75 bits per heavy atom. The highest BCUT2D eigenvalue weighted by molar-refractivity contribution is 6.21. The molecule has 3 heteroatoms. The van der Waals surface area contributed by atoms with Crippen molar-refractivity contribution in [3.8, 4) is 0 Å². The second-order valence-electron chi connectivity index (χ2n) is 3.58. The summed E-state index contributed by atoms with van der Waals surface area (Å²) in [5.41, 5.74) is 0. The van der Waals surface area contributed by atoms with Gasteiger partial charge < -0.3 is 0 Å². The standard InChI is InChI=1S/C9H15ClF2/c10-9(11,12)8-6-4-2-1-3-5-7-8/h8H,1-7H2. The van der Waals surface area contributed by atoms with Crippen LogP contribution in [0.3, 0.4) is 0 Å². The van der Waals surface area contributed by atoms with Crippen LogP contribution in [0.4, 0.5) is 8.78 Å². The van der Waals surface area contributed by atoms with Crippen LogP contribution in [0.15, 0.2) is 0 Å². The molecule has 0 aromatic carbocycles. The Morgan fingerprint density at radius 1 is 0.917 bits per heavy atom. The molecule has 0 nitrogen and oxygen atoms in total. The van der Waals surface area contributed by atoms with E-state index in [9.17, 15) is 8.78 Å². The fraction of sp³-hybridized carbons (Fsp3) is 1.00. The van der Waals surface area contributed by atoms with Crippen molar-refractivity contribution >= 4 is 11.6 Å². The third-order valence-electron chi connectivity index (χ3n) is 2.57. The van der Waals surface area contributed by atoms with Gasteiger partial charge in [0.2, 0.25) is 0 Å². The molecular weight excluding hydrogens is 182 g/mol. The van der Waals surface area contributed by atoms with Crippen molar-refractivity contribution in [3.05, 3.63) is 0 Å². The van der Waals surface area contributed by atoms with E-state index < -0.39 is 11.3 Å². The fourth-order valence-electron chi connectivity index (χ4n) is 1.78. The zero-order valence-corrected chi connectivity index (χ0v) is 7.92. The van der Waals surface area contributed by atoms with Crippen molar-refractivity contribution in [3.63, 3.8) is 0 Å². The maximum Gasteiger partial charge on any atom is 0.324 e. The molecule has 0 unspecified atom stereocenters. The SMILES string of the molecule is FC(F)(Cl)C1CCCCCCC1. The summed E-state index contributed by atoms with van der Waals surface area (Å²) < 4.78 is 25.4. The van der Waals surface area contributed by atoms with E-state index in [1.807, 2.05) is 0 Å².